The van der Waals surface area contributed by atoms with Gasteiger partial charge in [0, 0.05) is 18.4 Å². The van der Waals surface area contributed by atoms with Crippen LogP contribution in [0.3, 0.4) is 0 Å². The molecule has 1 aromatic carbocycles. The molecule has 0 spiro atoms. The summed E-state index contributed by atoms with van der Waals surface area (Å²) < 4.78 is 0. The highest BCUT2D eigenvalue weighted by Crippen LogP contribution is 2.15. The molecule has 0 bridgehead atoms. The number of hydrogen-bond donors (Lipinski definition) is 1. The summed E-state index contributed by atoms with van der Waals surface area (Å²) in [4.78, 5) is 29.0. The van der Waals surface area contributed by atoms with Gasteiger partial charge in [0.2, 0.25) is 0 Å². The molecule has 2 rings (SSSR count). The van der Waals surface area contributed by atoms with E-state index in [9.17, 15) is 9.59 Å². The van der Waals surface area contributed by atoms with E-state index < -0.39 is 0 Å². The zero-order chi connectivity index (χ0) is 15.4. The molecule has 0 saturated carbocycles. The van der Waals surface area contributed by atoms with Crippen molar-refractivity contribution in [2.75, 3.05) is 11.9 Å². The lowest BCUT2D eigenvalue weighted by Crippen LogP contribution is -2.32. The third-order valence-corrected chi connectivity index (χ3v) is 3.63. The van der Waals surface area contributed by atoms with E-state index in [1.165, 1.54) is 4.90 Å². The Morgan fingerprint density at radius 1 is 1.14 bits per heavy atom. The molecular weight excluding hydrogens is 264 g/mol. The Labute approximate surface area is 124 Å². The van der Waals surface area contributed by atoms with Crippen molar-refractivity contribution in [3.8, 4) is 0 Å². The number of pyridine rings is 1. The van der Waals surface area contributed by atoms with Gasteiger partial charge in [-0.25, -0.2) is 0 Å². The van der Waals surface area contributed by atoms with Crippen LogP contribution in [0.15, 0.2) is 41.2 Å². The predicted molar refractivity (Wildman–Crippen MR) is 85.0 cm³/mol. The molecule has 0 radical (unpaired) electrons. The highest BCUT2D eigenvalue weighted by atomic mass is 16.2. The van der Waals surface area contributed by atoms with Gasteiger partial charge in [-0.2, -0.15) is 0 Å². The number of aryl methyl sites for hydroxylation is 2. The molecule has 0 atom stereocenters. The number of rotatable bonds is 4. The summed E-state index contributed by atoms with van der Waals surface area (Å²) in [6.45, 7) is 4.00. The van der Waals surface area contributed by atoms with E-state index >= 15 is 0 Å². The third kappa shape index (κ3) is 3.05. The van der Waals surface area contributed by atoms with Crippen molar-refractivity contribution >= 4 is 11.6 Å². The van der Waals surface area contributed by atoms with Gasteiger partial charge in [0.15, 0.2) is 0 Å². The monoisotopic (exact) mass is 284 g/mol. The molecule has 1 amide bonds. The normalized spacial score (nSPS) is 10.4. The summed E-state index contributed by atoms with van der Waals surface area (Å²) in [6, 6.07) is 11.0. The van der Waals surface area contributed by atoms with Crippen molar-refractivity contribution < 1.29 is 4.79 Å². The highest BCUT2D eigenvalue weighted by molar-refractivity contribution is 6.05. The zero-order valence-electron chi connectivity index (χ0n) is 12.6. The molecule has 4 nitrogen and oxygen atoms in total. The van der Waals surface area contributed by atoms with Crippen LogP contribution >= 0.6 is 0 Å². The Hall–Kier alpha value is -2.36. The van der Waals surface area contributed by atoms with Gasteiger partial charge in [0.25, 0.3) is 11.5 Å². The van der Waals surface area contributed by atoms with Crippen LogP contribution in [0.5, 0.6) is 0 Å². The molecule has 4 heteroatoms. The average Bonchev–Trinajstić information content (AvgIpc) is 2.54. The van der Waals surface area contributed by atoms with Gasteiger partial charge >= 0.3 is 0 Å². The quantitative estimate of drug-likeness (QED) is 0.938. The second-order valence-electron chi connectivity index (χ2n) is 4.92. The van der Waals surface area contributed by atoms with Gasteiger partial charge < -0.3 is 9.88 Å². The number of nitrogens with zero attached hydrogens (tertiary/aromatic N) is 1. The first kappa shape index (κ1) is 15.0. The first-order valence-corrected chi connectivity index (χ1v) is 7.16. The molecule has 0 aliphatic heterocycles. The first-order valence-electron chi connectivity index (χ1n) is 7.16. The van der Waals surface area contributed by atoms with Crippen molar-refractivity contribution in [3.63, 3.8) is 0 Å². The molecule has 110 valence electrons. The maximum Gasteiger partial charge on any atom is 0.263 e. The van der Waals surface area contributed by atoms with Crippen LogP contribution in [0.1, 0.15) is 35.5 Å². The standard InChI is InChI=1S/C17H20N2O2/c1-4-12-11-14(16(20)18-15(12)5-2)17(21)19(3)13-9-7-6-8-10-13/h6-11H,4-5H2,1-3H3,(H,18,20). The predicted octanol–water partition coefficient (Wildman–Crippen LogP) is 2.78. The summed E-state index contributed by atoms with van der Waals surface area (Å²) in [7, 11) is 1.68. The first-order chi connectivity index (χ1) is 10.1. The lowest BCUT2D eigenvalue weighted by Gasteiger charge is -2.17. The molecular formula is C17H20N2O2. The van der Waals surface area contributed by atoms with Gasteiger partial charge in [0.05, 0.1) is 0 Å². The van der Waals surface area contributed by atoms with Crippen LogP contribution in [0, 0.1) is 0 Å². The Morgan fingerprint density at radius 3 is 2.38 bits per heavy atom. The van der Waals surface area contributed by atoms with Crippen molar-refractivity contribution in [2.45, 2.75) is 26.7 Å². The van der Waals surface area contributed by atoms with Crippen LogP contribution in [-0.2, 0) is 12.8 Å². The van der Waals surface area contributed by atoms with E-state index in [0.717, 1.165) is 29.8 Å². The number of benzene rings is 1. The number of amides is 1. The summed E-state index contributed by atoms with van der Waals surface area (Å²) >= 11 is 0. The molecule has 0 aliphatic rings. The van der Waals surface area contributed by atoms with Gasteiger partial charge in [-0.05, 0) is 36.6 Å². The SMILES string of the molecule is CCc1cc(C(=O)N(C)c2ccccc2)c(=O)[nH]c1CC. The Kier molecular flexibility index (Phi) is 4.58. The number of H-pyrrole nitrogens is 1. The molecule has 0 aliphatic carbocycles. The number of aromatic amines is 1. The third-order valence-electron chi connectivity index (χ3n) is 3.63. The molecule has 21 heavy (non-hydrogen) atoms. The fourth-order valence-corrected chi connectivity index (χ4v) is 2.35. The van der Waals surface area contributed by atoms with Crippen molar-refractivity contribution in [2.24, 2.45) is 0 Å². The fraction of sp³-hybridized carbons (Fsp3) is 0.294. The van der Waals surface area contributed by atoms with Crippen LogP contribution in [0.4, 0.5) is 5.69 Å². The van der Waals surface area contributed by atoms with E-state index in [2.05, 4.69) is 4.98 Å². The molecule has 2 aromatic rings. The van der Waals surface area contributed by atoms with Gasteiger partial charge in [-0.3, -0.25) is 9.59 Å². The molecule has 0 unspecified atom stereocenters. The number of aromatic nitrogens is 1. The van der Waals surface area contributed by atoms with Gasteiger partial charge in [-0.15, -0.1) is 0 Å². The van der Waals surface area contributed by atoms with E-state index in [-0.39, 0.29) is 17.0 Å². The minimum Gasteiger partial charge on any atom is -0.325 e. The van der Waals surface area contributed by atoms with Crippen LogP contribution in [0.2, 0.25) is 0 Å². The number of para-hydroxylation sites is 1. The van der Waals surface area contributed by atoms with Crippen molar-refractivity contribution in [1.82, 2.24) is 4.98 Å². The molecule has 0 saturated heterocycles. The molecule has 1 heterocycles. The number of carbonyl (C=O) groups is 1. The van der Waals surface area contributed by atoms with E-state index in [1.807, 2.05) is 44.2 Å². The Balaban J connectivity index is 2.42. The second kappa shape index (κ2) is 6.39. The summed E-state index contributed by atoms with van der Waals surface area (Å²) in [5.74, 6) is -0.292. The second-order valence-corrected chi connectivity index (χ2v) is 4.92. The fourth-order valence-electron chi connectivity index (χ4n) is 2.35. The maximum atomic E-state index is 12.5. The minimum absolute atomic E-state index is 0.190. The maximum absolute atomic E-state index is 12.5. The van der Waals surface area contributed by atoms with Crippen LogP contribution in [0.25, 0.3) is 0 Å². The number of nitrogens with one attached hydrogen (secondary N) is 1. The van der Waals surface area contributed by atoms with E-state index in [1.54, 1.807) is 13.1 Å². The number of anilines is 1. The summed E-state index contributed by atoms with van der Waals surface area (Å²) in [6.07, 6.45) is 1.54. The van der Waals surface area contributed by atoms with Gasteiger partial charge in [0.1, 0.15) is 5.56 Å². The Morgan fingerprint density at radius 2 is 1.81 bits per heavy atom. The van der Waals surface area contributed by atoms with Crippen LogP contribution in [-0.4, -0.2) is 17.9 Å². The number of carbonyl (C=O) groups excluding carboxylic acids is 1. The largest absolute Gasteiger partial charge is 0.325 e. The van der Waals surface area contributed by atoms with E-state index in [4.69, 9.17) is 0 Å². The average molecular weight is 284 g/mol. The lowest BCUT2D eigenvalue weighted by molar-refractivity contribution is 0.0991. The molecule has 1 aromatic heterocycles. The van der Waals surface area contributed by atoms with Crippen LogP contribution < -0.4 is 10.5 Å². The highest BCUT2D eigenvalue weighted by Gasteiger charge is 2.18. The topological polar surface area (TPSA) is 53.2 Å². The molecule has 0 fully saturated rings. The summed E-state index contributed by atoms with van der Waals surface area (Å²) in [5, 5.41) is 0. The van der Waals surface area contributed by atoms with E-state index in [0.29, 0.717) is 0 Å². The minimum atomic E-state index is -0.322. The summed E-state index contributed by atoms with van der Waals surface area (Å²) in [5.41, 5.74) is 2.55. The van der Waals surface area contributed by atoms with Gasteiger partial charge in [-0.1, -0.05) is 32.0 Å². The number of hydrogen-bond acceptors (Lipinski definition) is 2. The Bertz CT molecular complexity index is 690. The zero-order valence-corrected chi connectivity index (χ0v) is 12.6. The molecule has 1 N–H and O–H groups in total. The lowest BCUT2D eigenvalue weighted by atomic mass is 10.1. The van der Waals surface area contributed by atoms with Crippen molar-refractivity contribution in [3.05, 3.63) is 63.6 Å². The van der Waals surface area contributed by atoms with Crippen molar-refractivity contribution in [1.29, 1.82) is 0 Å². The smallest absolute Gasteiger partial charge is 0.263 e.